The molecule has 0 radical (unpaired) electrons. The second-order valence-corrected chi connectivity index (χ2v) is 23.1. The van der Waals surface area contributed by atoms with Gasteiger partial charge in [-0.25, -0.2) is 8.78 Å². The van der Waals surface area contributed by atoms with Gasteiger partial charge in [0.2, 0.25) is 5.91 Å². The van der Waals surface area contributed by atoms with Crippen LogP contribution in [0, 0.1) is 27.6 Å². The van der Waals surface area contributed by atoms with E-state index < -0.39 is 30.8 Å². The molecule has 1 atom stereocenters. The first-order valence-electron chi connectivity index (χ1n) is 25.0. The van der Waals surface area contributed by atoms with Crippen molar-refractivity contribution < 1.29 is 37.4 Å². The number of benzene rings is 1. The SMILES string of the molecule is CC(C)(C)CN1CCN(CC(=O)OCC(=O)N2CCN(CCCOc3ccc4nccc(C(=O)CCC(=O)N5CC(F)(F)C[C@H]5C#N)c4c3)CC2)CCN(CC(C)(C)C)CCN(CC(C)(C)C)CC1. The lowest BCUT2D eigenvalue weighted by atomic mass is 9.95. The Bertz CT molecular complexity index is 2040. The minimum absolute atomic E-state index is 0.137. The first-order valence-corrected chi connectivity index (χ1v) is 25.0. The van der Waals surface area contributed by atoms with E-state index >= 15 is 0 Å². The molecule has 0 unspecified atom stereocenters. The second kappa shape index (κ2) is 24.7. The van der Waals surface area contributed by atoms with Gasteiger partial charge in [-0.3, -0.25) is 34.0 Å². The summed E-state index contributed by atoms with van der Waals surface area (Å²) in [6.45, 7) is 33.3. The van der Waals surface area contributed by atoms with E-state index in [1.54, 1.807) is 35.2 Å². The van der Waals surface area contributed by atoms with Crippen LogP contribution in [-0.2, 0) is 19.1 Å². The zero-order chi connectivity index (χ0) is 50.6. The third kappa shape index (κ3) is 19.1. The molecule has 3 saturated heterocycles. The Morgan fingerprint density at radius 3 is 1.80 bits per heavy atom. The van der Waals surface area contributed by atoms with Gasteiger partial charge >= 0.3 is 5.97 Å². The van der Waals surface area contributed by atoms with Crippen LogP contribution in [0.3, 0.4) is 0 Å². The van der Waals surface area contributed by atoms with Crippen molar-refractivity contribution in [3.05, 3.63) is 36.0 Å². The summed E-state index contributed by atoms with van der Waals surface area (Å²) in [5, 5.41) is 9.81. The van der Waals surface area contributed by atoms with Gasteiger partial charge in [0.25, 0.3) is 11.8 Å². The van der Waals surface area contributed by atoms with Crippen molar-refractivity contribution >= 4 is 34.5 Å². The number of carbonyl (C=O) groups excluding carboxylic acids is 4. The summed E-state index contributed by atoms with van der Waals surface area (Å²) in [6.07, 6.45) is 1.05. The number of amides is 2. The number of hydrogen-bond acceptors (Lipinski definition) is 13. The first-order chi connectivity index (χ1) is 32.3. The normalized spacial score (nSPS) is 20.3. The third-order valence-electron chi connectivity index (χ3n) is 12.7. The Labute approximate surface area is 410 Å². The van der Waals surface area contributed by atoms with Gasteiger partial charge in [-0.2, -0.15) is 5.26 Å². The van der Waals surface area contributed by atoms with Crippen LogP contribution in [-0.4, -0.2) is 206 Å². The minimum Gasteiger partial charge on any atom is -0.494 e. The van der Waals surface area contributed by atoms with Crippen molar-refractivity contribution in [2.75, 3.05) is 131 Å². The molecule has 3 aliphatic heterocycles. The molecule has 69 heavy (non-hydrogen) atoms. The quantitative estimate of drug-likeness (QED) is 0.114. The lowest BCUT2D eigenvalue weighted by Crippen LogP contribution is -2.50. The van der Waals surface area contributed by atoms with Crippen molar-refractivity contribution in [2.24, 2.45) is 16.2 Å². The standard InChI is InChI=1S/C52H81F2N9O6/c1-49(2,3)36-59-20-18-58(19-21-60(37-50(4,5)6)23-25-61(24-22-59)38-51(7,8)9)34-48(67)69-35-47(66)62-28-26-57(27-29-62)17-10-30-68-41-11-12-44-43(31-41)42(15-16-56-44)45(64)13-14-46(65)63-39-52(53,54)32-40(63)33-55/h11-12,15-16,31,40H,10,13-14,17-30,32,34-39H2,1-9H3/t40-/m0/s1. The van der Waals surface area contributed by atoms with Crippen LogP contribution in [0.25, 0.3) is 10.9 Å². The van der Waals surface area contributed by atoms with E-state index in [-0.39, 0.29) is 59.9 Å². The summed E-state index contributed by atoms with van der Waals surface area (Å²) in [5.41, 5.74) is 1.40. The first kappa shape index (κ1) is 55.6. The Morgan fingerprint density at radius 1 is 0.725 bits per heavy atom. The van der Waals surface area contributed by atoms with E-state index in [4.69, 9.17) is 9.47 Å². The zero-order valence-corrected chi connectivity index (χ0v) is 43.2. The molecule has 0 N–H and O–H groups in total. The van der Waals surface area contributed by atoms with Crippen LogP contribution in [0.4, 0.5) is 8.78 Å². The number of ether oxygens (including phenoxy) is 2. The van der Waals surface area contributed by atoms with E-state index in [2.05, 4.69) is 91.8 Å². The Hall–Kier alpha value is -4.34. The Balaban J connectivity index is 1.05. The Morgan fingerprint density at radius 2 is 1.26 bits per heavy atom. The van der Waals surface area contributed by atoms with Crippen LogP contribution in [0.1, 0.15) is 98.4 Å². The van der Waals surface area contributed by atoms with E-state index in [1.165, 1.54) is 6.20 Å². The zero-order valence-electron chi connectivity index (χ0n) is 43.2. The molecule has 0 saturated carbocycles. The maximum Gasteiger partial charge on any atom is 0.320 e. The van der Waals surface area contributed by atoms with Crippen LogP contribution in [0.15, 0.2) is 30.5 Å². The number of rotatable bonds is 16. The summed E-state index contributed by atoms with van der Waals surface area (Å²) < 4.78 is 39.5. The highest BCUT2D eigenvalue weighted by atomic mass is 19.3. The molecular formula is C52H81F2N9O6. The molecule has 4 heterocycles. The van der Waals surface area contributed by atoms with E-state index in [1.807, 2.05) is 0 Å². The molecule has 3 aliphatic rings. The molecule has 17 heteroatoms. The number of halogens is 2. The number of nitrogens with zero attached hydrogens (tertiary/aromatic N) is 9. The molecule has 0 bridgehead atoms. The second-order valence-electron chi connectivity index (χ2n) is 23.1. The van der Waals surface area contributed by atoms with Gasteiger partial charge in [-0.1, -0.05) is 62.3 Å². The average Bonchev–Trinajstić information content (AvgIpc) is 3.59. The highest BCUT2D eigenvalue weighted by Crippen LogP contribution is 2.33. The number of nitriles is 1. The molecule has 1 aromatic carbocycles. The highest BCUT2D eigenvalue weighted by molar-refractivity contribution is 6.08. The lowest BCUT2D eigenvalue weighted by Gasteiger charge is -2.38. The molecule has 2 aromatic rings. The predicted molar refractivity (Wildman–Crippen MR) is 264 cm³/mol. The van der Waals surface area contributed by atoms with Crippen molar-refractivity contribution in [2.45, 2.75) is 100.0 Å². The number of carbonyl (C=O) groups is 4. The summed E-state index contributed by atoms with van der Waals surface area (Å²) in [6, 6.07) is 7.41. The molecule has 15 nitrogen and oxygen atoms in total. The van der Waals surface area contributed by atoms with Crippen LogP contribution < -0.4 is 4.74 Å². The minimum atomic E-state index is -3.12. The molecule has 3 fully saturated rings. The molecular weight excluding hydrogens is 885 g/mol. The van der Waals surface area contributed by atoms with Crippen molar-refractivity contribution in [1.82, 2.24) is 39.3 Å². The van der Waals surface area contributed by atoms with Crippen LogP contribution >= 0.6 is 0 Å². The summed E-state index contributed by atoms with van der Waals surface area (Å²) in [5.74, 6) is -4.12. The number of alkyl halides is 2. The fourth-order valence-electron chi connectivity index (χ4n) is 9.54. The number of esters is 1. The van der Waals surface area contributed by atoms with Gasteiger partial charge in [0.05, 0.1) is 31.3 Å². The molecule has 2 amide bonds. The monoisotopic (exact) mass is 966 g/mol. The van der Waals surface area contributed by atoms with Crippen LogP contribution in [0.5, 0.6) is 5.75 Å². The number of ketones is 1. The summed E-state index contributed by atoms with van der Waals surface area (Å²) >= 11 is 0. The van der Waals surface area contributed by atoms with Crippen molar-refractivity contribution in [3.63, 3.8) is 0 Å². The van der Waals surface area contributed by atoms with Gasteiger partial charge in [0.1, 0.15) is 11.8 Å². The molecule has 0 spiro atoms. The maximum absolute atomic E-state index is 13.9. The van der Waals surface area contributed by atoms with Gasteiger partial charge in [-0.15, -0.1) is 0 Å². The van der Waals surface area contributed by atoms with Gasteiger partial charge in [0, 0.05) is 141 Å². The number of aromatic nitrogens is 1. The maximum atomic E-state index is 13.9. The van der Waals surface area contributed by atoms with Crippen molar-refractivity contribution in [3.8, 4) is 11.8 Å². The molecule has 384 valence electrons. The number of Topliss-reactive ketones (excluding diaryl/α,β-unsaturated/α-hetero) is 1. The molecule has 1 aromatic heterocycles. The number of piperazine rings is 1. The Kier molecular flexibility index (Phi) is 19.9. The van der Waals surface area contributed by atoms with Gasteiger partial charge in [-0.05, 0) is 46.9 Å². The predicted octanol–water partition coefficient (Wildman–Crippen LogP) is 5.77. The van der Waals surface area contributed by atoms with Gasteiger partial charge < -0.3 is 34.0 Å². The number of pyridine rings is 1. The highest BCUT2D eigenvalue weighted by Gasteiger charge is 2.47. The summed E-state index contributed by atoms with van der Waals surface area (Å²) in [4.78, 5) is 71.8. The third-order valence-corrected chi connectivity index (χ3v) is 12.7. The van der Waals surface area contributed by atoms with E-state index in [9.17, 15) is 33.2 Å². The van der Waals surface area contributed by atoms with Crippen LogP contribution in [0.2, 0.25) is 0 Å². The average molecular weight is 966 g/mol. The lowest BCUT2D eigenvalue weighted by molar-refractivity contribution is -0.153. The van der Waals surface area contributed by atoms with E-state index in [0.29, 0.717) is 55.0 Å². The largest absolute Gasteiger partial charge is 0.494 e. The van der Waals surface area contributed by atoms with Crippen molar-refractivity contribution in [1.29, 1.82) is 5.26 Å². The fourth-order valence-corrected chi connectivity index (χ4v) is 9.54. The number of likely N-dealkylation sites (tertiary alicyclic amines) is 1. The number of hydrogen-bond donors (Lipinski definition) is 0. The fraction of sp³-hybridized carbons (Fsp3) is 0.731. The smallest absolute Gasteiger partial charge is 0.320 e. The van der Waals surface area contributed by atoms with Gasteiger partial charge in [0.15, 0.2) is 12.4 Å². The molecule has 5 rings (SSSR count). The summed E-state index contributed by atoms with van der Waals surface area (Å²) in [7, 11) is 0. The number of fused-ring (bicyclic) bond motifs is 1. The topological polar surface area (TPSA) is 146 Å². The molecule has 0 aliphatic carbocycles. The van der Waals surface area contributed by atoms with E-state index in [0.717, 1.165) is 89.9 Å².